The lowest BCUT2D eigenvalue weighted by Gasteiger charge is -2.22. The molecule has 1 aliphatic heterocycles. The fourth-order valence-electron chi connectivity index (χ4n) is 3.86. The van der Waals surface area contributed by atoms with E-state index in [0.29, 0.717) is 19.1 Å². The Bertz CT molecular complexity index is 932. The minimum Gasteiger partial charge on any atom is -0.486 e. The lowest BCUT2D eigenvalue weighted by molar-refractivity contribution is -0.121. The van der Waals surface area contributed by atoms with Crippen LogP contribution < -0.4 is 15.4 Å². The summed E-state index contributed by atoms with van der Waals surface area (Å²) in [5, 5.41) is 6.50. The fourth-order valence-corrected chi connectivity index (χ4v) is 3.86. The van der Waals surface area contributed by atoms with Gasteiger partial charge in [-0.2, -0.15) is 0 Å². The van der Waals surface area contributed by atoms with Gasteiger partial charge in [0.1, 0.15) is 24.7 Å². The van der Waals surface area contributed by atoms with Gasteiger partial charge in [0.15, 0.2) is 0 Å². The summed E-state index contributed by atoms with van der Waals surface area (Å²) in [6.45, 7) is 3.46. The zero-order valence-electron chi connectivity index (χ0n) is 16.6. The summed E-state index contributed by atoms with van der Waals surface area (Å²) in [6, 6.07) is 17.5. The average Bonchev–Trinajstić information content (AvgIpc) is 3.11. The van der Waals surface area contributed by atoms with Crippen molar-refractivity contribution in [2.45, 2.75) is 32.4 Å². The zero-order chi connectivity index (χ0) is 19.9. The van der Waals surface area contributed by atoms with Crippen molar-refractivity contribution in [1.29, 1.82) is 0 Å². The number of para-hydroxylation sites is 3. The number of rotatable bonds is 8. The average molecular weight is 393 g/mol. The molecule has 2 heterocycles. The molecule has 4 rings (SSSR count). The molecule has 2 N–H and O–H groups in total. The molecule has 0 bridgehead atoms. The number of hydrogen-bond donors (Lipinski definition) is 2. The number of hydrogen-bond acceptors (Lipinski definition) is 4. The van der Waals surface area contributed by atoms with Crippen molar-refractivity contribution >= 4 is 16.9 Å². The van der Waals surface area contributed by atoms with Gasteiger partial charge in [0.2, 0.25) is 5.91 Å². The maximum absolute atomic E-state index is 12.6. The van der Waals surface area contributed by atoms with E-state index in [2.05, 4.69) is 15.6 Å². The zero-order valence-corrected chi connectivity index (χ0v) is 16.6. The molecule has 1 saturated heterocycles. The van der Waals surface area contributed by atoms with Crippen LogP contribution in [0.3, 0.4) is 0 Å². The molecule has 29 heavy (non-hydrogen) atoms. The number of imidazole rings is 1. The Balaban J connectivity index is 1.40. The molecule has 0 saturated carbocycles. The molecular weight excluding hydrogens is 364 g/mol. The minimum atomic E-state index is 0.0119. The third kappa shape index (κ3) is 5.15. The van der Waals surface area contributed by atoms with Gasteiger partial charge in [0.05, 0.1) is 11.0 Å². The Morgan fingerprint density at radius 2 is 2.00 bits per heavy atom. The van der Waals surface area contributed by atoms with Crippen LogP contribution >= 0.6 is 0 Å². The number of carbonyl (C=O) groups is 1. The van der Waals surface area contributed by atoms with Gasteiger partial charge in [-0.3, -0.25) is 4.79 Å². The number of amides is 1. The van der Waals surface area contributed by atoms with E-state index in [1.165, 1.54) is 12.8 Å². The monoisotopic (exact) mass is 392 g/mol. The summed E-state index contributed by atoms with van der Waals surface area (Å²) in [6.07, 6.45) is 3.49. The molecule has 0 radical (unpaired) electrons. The quantitative estimate of drug-likeness (QED) is 0.618. The number of benzene rings is 2. The van der Waals surface area contributed by atoms with Crippen molar-refractivity contribution in [3.05, 3.63) is 60.4 Å². The molecule has 6 nitrogen and oxygen atoms in total. The Kier molecular flexibility index (Phi) is 6.42. The van der Waals surface area contributed by atoms with Crippen LogP contribution in [-0.2, 0) is 17.9 Å². The highest BCUT2D eigenvalue weighted by atomic mass is 16.5. The summed E-state index contributed by atoms with van der Waals surface area (Å²) in [5.41, 5.74) is 1.83. The number of piperidine rings is 1. The van der Waals surface area contributed by atoms with E-state index in [-0.39, 0.29) is 12.5 Å². The lowest BCUT2D eigenvalue weighted by atomic mass is 9.96. The second-order valence-electron chi connectivity index (χ2n) is 7.56. The number of aromatic nitrogens is 2. The van der Waals surface area contributed by atoms with Gasteiger partial charge in [-0.05, 0) is 62.5 Å². The van der Waals surface area contributed by atoms with Crippen LogP contribution in [0.2, 0.25) is 0 Å². The first kappa shape index (κ1) is 19.5. The topological polar surface area (TPSA) is 68.2 Å². The van der Waals surface area contributed by atoms with E-state index < -0.39 is 0 Å². The number of nitrogens with zero attached hydrogens (tertiary/aromatic N) is 2. The summed E-state index contributed by atoms with van der Waals surface area (Å²) >= 11 is 0. The summed E-state index contributed by atoms with van der Waals surface area (Å²) in [7, 11) is 0. The third-order valence-electron chi connectivity index (χ3n) is 5.42. The summed E-state index contributed by atoms with van der Waals surface area (Å²) in [5.74, 6) is 2.21. The van der Waals surface area contributed by atoms with Crippen molar-refractivity contribution in [3.63, 3.8) is 0 Å². The smallest absolute Gasteiger partial charge is 0.240 e. The van der Waals surface area contributed by atoms with Crippen molar-refractivity contribution in [2.24, 2.45) is 5.92 Å². The highest BCUT2D eigenvalue weighted by Gasteiger charge is 2.16. The molecule has 152 valence electrons. The van der Waals surface area contributed by atoms with E-state index in [9.17, 15) is 4.79 Å². The Morgan fingerprint density at radius 3 is 2.83 bits per heavy atom. The molecule has 6 heteroatoms. The Hall–Kier alpha value is -2.86. The highest BCUT2D eigenvalue weighted by Crippen LogP contribution is 2.18. The molecule has 1 fully saturated rings. The van der Waals surface area contributed by atoms with Crippen molar-refractivity contribution < 1.29 is 9.53 Å². The molecule has 0 spiro atoms. The molecular formula is C23H28N4O2. The van der Waals surface area contributed by atoms with Crippen LogP contribution in [0.4, 0.5) is 0 Å². The van der Waals surface area contributed by atoms with Crippen LogP contribution in [0.1, 0.15) is 25.1 Å². The van der Waals surface area contributed by atoms with Crippen molar-refractivity contribution in [2.75, 3.05) is 19.6 Å². The predicted octanol–water partition coefficient (Wildman–Crippen LogP) is 3.12. The van der Waals surface area contributed by atoms with E-state index in [4.69, 9.17) is 4.74 Å². The highest BCUT2D eigenvalue weighted by molar-refractivity contribution is 5.81. The van der Waals surface area contributed by atoms with Crippen LogP contribution in [-0.4, -0.2) is 35.1 Å². The number of carbonyl (C=O) groups excluding carboxylic acids is 1. The van der Waals surface area contributed by atoms with Gasteiger partial charge in [-0.1, -0.05) is 30.3 Å². The SMILES string of the molecule is O=C(Cn1c(COc2ccccc2)nc2ccccc21)NCCC1CCCNC1. The standard InChI is InChI=1S/C23H28N4O2/c28-23(25-14-12-18-7-6-13-24-15-18)16-27-21-11-5-4-10-20(21)26-22(27)17-29-19-8-2-1-3-9-19/h1-5,8-11,18,24H,6-7,12-17H2,(H,25,28). The second-order valence-corrected chi connectivity index (χ2v) is 7.56. The van der Waals surface area contributed by atoms with Crippen LogP contribution in [0, 0.1) is 5.92 Å². The van der Waals surface area contributed by atoms with Gasteiger partial charge in [0, 0.05) is 6.54 Å². The summed E-state index contributed by atoms with van der Waals surface area (Å²) < 4.78 is 7.84. The maximum Gasteiger partial charge on any atom is 0.240 e. The molecule has 2 aromatic carbocycles. The number of nitrogens with one attached hydrogen (secondary N) is 2. The van der Waals surface area contributed by atoms with Gasteiger partial charge < -0.3 is 19.9 Å². The van der Waals surface area contributed by atoms with E-state index >= 15 is 0 Å². The van der Waals surface area contributed by atoms with Crippen molar-refractivity contribution in [1.82, 2.24) is 20.2 Å². The molecule has 1 atom stereocenters. The molecule has 1 aliphatic rings. The minimum absolute atomic E-state index is 0.0119. The van der Waals surface area contributed by atoms with E-state index in [1.807, 2.05) is 59.2 Å². The number of ether oxygens (including phenoxy) is 1. The first-order chi connectivity index (χ1) is 14.3. The maximum atomic E-state index is 12.6. The number of fused-ring (bicyclic) bond motifs is 1. The molecule has 1 amide bonds. The Labute approximate surface area is 171 Å². The lowest BCUT2D eigenvalue weighted by Crippen LogP contribution is -2.34. The van der Waals surface area contributed by atoms with Gasteiger partial charge in [-0.25, -0.2) is 4.98 Å². The normalized spacial score (nSPS) is 16.6. The van der Waals surface area contributed by atoms with Crippen LogP contribution in [0.15, 0.2) is 54.6 Å². The fraction of sp³-hybridized carbons (Fsp3) is 0.391. The van der Waals surface area contributed by atoms with Gasteiger partial charge in [0.25, 0.3) is 0 Å². The largest absolute Gasteiger partial charge is 0.486 e. The molecule has 3 aromatic rings. The first-order valence-corrected chi connectivity index (χ1v) is 10.4. The molecule has 1 aromatic heterocycles. The third-order valence-corrected chi connectivity index (χ3v) is 5.42. The molecule has 0 aliphatic carbocycles. The second kappa shape index (κ2) is 9.56. The van der Waals surface area contributed by atoms with E-state index in [1.54, 1.807) is 0 Å². The Morgan fingerprint density at radius 1 is 1.17 bits per heavy atom. The predicted molar refractivity (Wildman–Crippen MR) is 114 cm³/mol. The van der Waals surface area contributed by atoms with Crippen LogP contribution in [0.5, 0.6) is 5.75 Å². The first-order valence-electron chi connectivity index (χ1n) is 10.4. The van der Waals surface area contributed by atoms with Crippen molar-refractivity contribution in [3.8, 4) is 5.75 Å². The van der Waals surface area contributed by atoms with Crippen LogP contribution in [0.25, 0.3) is 11.0 Å². The van der Waals surface area contributed by atoms with E-state index in [0.717, 1.165) is 42.1 Å². The summed E-state index contributed by atoms with van der Waals surface area (Å²) in [4.78, 5) is 17.3. The molecule has 1 unspecified atom stereocenters. The van der Waals surface area contributed by atoms with Gasteiger partial charge >= 0.3 is 0 Å². The van der Waals surface area contributed by atoms with Gasteiger partial charge in [-0.15, -0.1) is 0 Å².